The van der Waals surface area contributed by atoms with Crippen LogP contribution in [0.4, 0.5) is 10.2 Å². The zero-order chi connectivity index (χ0) is 22.0. The number of halogens is 1. The van der Waals surface area contributed by atoms with E-state index in [4.69, 9.17) is 9.57 Å². The van der Waals surface area contributed by atoms with Crippen molar-refractivity contribution >= 4 is 23.8 Å². The zero-order valence-electron chi connectivity index (χ0n) is 17.4. The van der Waals surface area contributed by atoms with Crippen molar-refractivity contribution in [1.82, 2.24) is 19.5 Å². The molecule has 1 aromatic carbocycles. The molecule has 3 aromatic rings. The number of hydrogen-bond donors (Lipinski definition) is 1. The highest BCUT2D eigenvalue weighted by molar-refractivity contribution is 6.03. The van der Waals surface area contributed by atoms with E-state index < -0.39 is 0 Å². The lowest BCUT2D eigenvalue weighted by molar-refractivity contribution is -0.128. The molecule has 1 unspecified atom stereocenters. The van der Waals surface area contributed by atoms with Gasteiger partial charge in [-0.25, -0.2) is 13.9 Å². The number of nitrogens with one attached hydrogen (secondary N) is 1. The summed E-state index contributed by atoms with van der Waals surface area (Å²) in [4.78, 5) is 22.0. The van der Waals surface area contributed by atoms with E-state index in [9.17, 15) is 9.18 Å². The second kappa shape index (κ2) is 8.58. The molecule has 1 aliphatic carbocycles. The normalized spacial score (nSPS) is 14.9. The molecule has 4 rings (SSSR count). The van der Waals surface area contributed by atoms with Crippen LogP contribution in [0.1, 0.15) is 36.9 Å². The Morgan fingerprint density at radius 2 is 2.23 bits per heavy atom. The van der Waals surface area contributed by atoms with Crippen molar-refractivity contribution in [3.63, 3.8) is 0 Å². The third-order valence-electron chi connectivity index (χ3n) is 5.24. The van der Waals surface area contributed by atoms with Gasteiger partial charge in [-0.1, -0.05) is 5.16 Å². The van der Waals surface area contributed by atoms with Gasteiger partial charge in [0.1, 0.15) is 17.4 Å². The molecule has 0 radical (unpaired) electrons. The molecule has 1 fully saturated rings. The Kier molecular flexibility index (Phi) is 5.70. The molecular weight excluding hydrogens is 403 g/mol. The molecule has 0 amide bonds. The fourth-order valence-electron chi connectivity index (χ4n) is 3.46. The molecule has 2 aromatic heterocycles. The lowest BCUT2D eigenvalue weighted by atomic mass is 10.1. The van der Waals surface area contributed by atoms with Crippen molar-refractivity contribution in [2.45, 2.75) is 31.8 Å². The number of fused-ring (bicyclic) bond motifs is 1. The van der Waals surface area contributed by atoms with Gasteiger partial charge in [-0.2, -0.15) is 5.10 Å². The van der Waals surface area contributed by atoms with E-state index in [-0.39, 0.29) is 18.3 Å². The van der Waals surface area contributed by atoms with Gasteiger partial charge in [0.25, 0.3) is 0 Å². The van der Waals surface area contributed by atoms with Crippen molar-refractivity contribution in [3.8, 4) is 5.75 Å². The molecule has 0 spiro atoms. The Morgan fingerprint density at radius 1 is 1.42 bits per heavy atom. The molecule has 31 heavy (non-hydrogen) atoms. The summed E-state index contributed by atoms with van der Waals surface area (Å²) >= 11 is 0. The highest BCUT2D eigenvalue weighted by Crippen LogP contribution is 2.30. The monoisotopic (exact) mass is 426 g/mol. The fourth-order valence-corrected chi connectivity index (χ4v) is 3.46. The van der Waals surface area contributed by atoms with Crippen molar-refractivity contribution in [3.05, 3.63) is 53.6 Å². The first-order valence-corrected chi connectivity index (χ1v) is 9.87. The summed E-state index contributed by atoms with van der Waals surface area (Å²) in [5, 5.41) is 11.6. The minimum Gasteiger partial charge on any atom is -0.496 e. The van der Waals surface area contributed by atoms with Crippen molar-refractivity contribution in [2.75, 3.05) is 19.5 Å². The average Bonchev–Trinajstić information content (AvgIpc) is 3.54. The van der Waals surface area contributed by atoms with Crippen LogP contribution in [0.3, 0.4) is 0 Å². The Bertz CT molecular complexity index is 1130. The van der Waals surface area contributed by atoms with E-state index in [1.165, 1.54) is 12.1 Å². The van der Waals surface area contributed by atoms with Crippen LogP contribution in [0.5, 0.6) is 5.75 Å². The largest absolute Gasteiger partial charge is 0.496 e. The van der Waals surface area contributed by atoms with Crippen LogP contribution in [-0.4, -0.2) is 52.0 Å². The summed E-state index contributed by atoms with van der Waals surface area (Å²) in [6.07, 6.45) is 5.49. The first kappa shape index (κ1) is 20.6. The molecule has 1 saturated carbocycles. The van der Waals surface area contributed by atoms with E-state index in [0.29, 0.717) is 40.2 Å². The number of oxime groups is 1. The Balaban J connectivity index is 1.66. The first-order chi connectivity index (χ1) is 15.0. The first-order valence-electron chi connectivity index (χ1n) is 9.87. The second-order valence-electron chi connectivity index (χ2n) is 7.35. The van der Waals surface area contributed by atoms with E-state index in [0.717, 1.165) is 12.8 Å². The number of aromatic nitrogens is 3. The molecule has 0 bridgehead atoms. The SMILES string of the molecule is COc1ccc(F)cc1C(C)Nc1ccn2ncc(/C(=N/OC=O)N(C)C3CC3)c2n1. The Hall–Kier alpha value is -3.69. The molecule has 2 heterocycles. The smallest absolute Gasteiger partial charge is 0.323 e. The van der Waals surface area contributed by atoms with Gasteiger partial charge in [0.2, 0.25) is 0 Å². The average molecular weight is 426 g/mol. The number of carbonyl (C=O) groups is 1. The van der Waals surface area contributed by atoms with Crippen LogP contribution in [0.2, 0.25) is 0 Å². The van der Waals surface area contributed by atoms with Gasteiger partial charge >= 0.3 is 6.47 Å². The van der Waals surface area contributed by atoms with Crippen molar-refractivity contribution in [2.24, 2.45) is 5.16 Å². The summed E-state index contributed by atoms with van der Waals surface area (Å²) in [7, 11) is 3.44. The van der Waals surface area contributed by atoms with Gasteiger partial charge in [0.05, 0.1) is 24.9 Å². The van der Waals surface area contributed by atoms with Crippen molar-refractivity contribution < 1.29 is 18.8 Å². The number of rotatable bonds is 8. The van der Waals surface area contributed by atoms with Gasteiger partial charge in [0.15, 0.2) is 11.5 Å². The Labute approximate surface area is 178 Å². The lowest BCUT2D eigenvalue weighted by Crippen LogP contribution is -2.30. The predicted octanol–water partition coefficient (Wildman–Crippen LogP) is 2.98. The fraction of sp³-hybridized carbons (Fsp3) is 0.333. The second-order valence-corrected chi connectivity index (χ2v) is 7.35. The Morgan fingerprint density at radius 3 is 2.94 bits per heavy atom. The molecule has 0 aliphatic heterocycles. The molecule has 1 atom stereocenters. The molecule has 0 saturated heterocycles. The van der Waals surface area contributed by atoms with Gasteiger partial charge in [-0.15, -0.1) is 0 Å². The van der Waals surface area contributed by atoms with E-state index in [2.05, 4.69) is 20.6 Å². The minimum absolute atomic E-state index is 0.271. The number of nitrogens with zero attached hydrogens (tertiary/aromatic N) is 5. The summed E-state index contributed by atoms with van der Waals surface area (Å²) < 4.78 is 20.7. The lowest BCUT2D eigenvalue weighted by Gasteiger charge is -2.19. The van der Waals surface area contributed by atoms with E-state index >= 15 is 0 Å². The van der Waals surface area contributed by atoms with Crippen LogP contribution < -0.4 is 10.1 Å². The molecule has 1 N–H and O–H groups in total. The zero-order valence-corrected chi connectivity index (χ0v) is 17.4. The van der Waals surface area contributed by atoms with Gasteiger partial charge in [0, 0.05) is 24.8 Å². The highest BCUT2D eigenvalue weighted by Gasteiger charge is 2.31. The summed E-state index contributed by atoms with van der Waals surface area (Å²) in [6.45, 7) is 2.17. The number of hydrogen-bond acceptors (Lipinski definition) is 7. The molecular formula is C21H23FN6O3. The van der Waals surface area contributed by atoms with Crippen molar-refractivity contribution in [1.29, 1.82) is 0 Å². The maximum absolute atomic E-state index is 13.8. The van der Waals surface area contributed by atoms with Crippen LogP contribution >= 0.6 is 0 Å². The molecule has 9 nitrogen and oxygen atoms in total. The van der Waals surface area contributed by atoms with E-state index in [1.807, 2.05) is 18.9 Å². The molecule has 1 aliphatic rings. The number of amidine groups is 1. The number of ether oxygens (including phenoxy) is 1. The standard InChI is InChI=1S/C21H23FN6O3/c1-13(16-10-14(22)4-7-18(16)30-3)24-19-8-9-28-20(25-19)17(11-23-28)21(26-31-12-29)27(2)15-5-6-15/h4,7-13,15H,5-6H2,1-3H3,(H,24,25)/b26-21-. The quantitative estimate of drug-likeness (QED) is 0.195. The number of carbonyl (C=O) groups excluding carboxylic acids is 1. The van der Waals surface area contributed by atoms with Gasteiger partial charge < -0.3 is 19.8 Å². The summed E-state index contributed by atoms with van der Waals surface area (Å²) in [5.74, 6) is 1.29. The molecule has 162 valence electrons. The van der Waals surface area contributed by atoms with Crippen LogP contribution in [0.15, 0.2) is 41.8 Å². The van der Waals surface area contributed by atoms with Gasteiger partial charge in [-0.3, -0.25) is 4.79 Å². The maximum Gasteiger partial charge on any atom is 0.323 e. The maximum atomic E-state index is 13.8. The topological polar surface area (TPSA) is 93.3 Å². The third kappa shape index (κ3) is 4.27. The van der Waals surface area contributed by atoms with Crippen LogP contribution in [-0.2, 0) is 9.63 Å². The summed E-state index contributed by atoms with van der Waals surface area (Å²) in [5.41, 5.74) is 1.85. The summed E-state index contributed by atoms with van der Waals surface area (Å²) in [6, 6.07) is 6.23. The van der Waals surface area contributed by atoms with Gasteiger partial charge in [-0.05, 0) is 44.0 Å². The number of benzene rings is 1. The predicted molar refractivity (Wildman–Crippen MR) is 112 cm³/mol. The van der Waals surface area contributed by atoms with E-state index in [1.54, 1.807) is 36.2 Å². The van der Waals surface area contributed by atoms with Crippen LogP contribution in [0, 0.1) is 5.82 Å². The number of methoxy groups -OCH3 is 1. The molecule has 10 heteroatoms. The van der Waals surface area contributed by atoms with Crippen LogP contribution in [0.25, 0.3) is 5.65 Å². The highest BCUT2D eigenvalue weighted by atomic mass is 19.1. The minimum atomic E-state index is -0.343. The number of anilines is 1. The third-order valence-corrected chi connectivity index (χ3v) is 5.24.